The molecule has 0 aliphatic carbocycles. The highest BCUT2D eigenvalue weighted by Crippen LogP contribution is 2.42. The molecular weight excluding hydrogens is 585 g/mol. The predicted molar refractivity (Wildman–Crippen MR) is 199 cm³/mol. The number of benzene rings is 7. The largest absolute Gasteiger partial charge is 0.309 e. The molecule has 0 radical (unpaired) electrons. The molecule has 0 aliphatic heterocycles. The van der Waals surface area contributed by atoms with Gasteiger partial charge in [-0.15, -0.1) is 0 Å². The molecule has 0 atom stereocenters. The van der Waals surface area contributed by atoms with Gasteiger partial charge in [-0.2, -0.15) is 0 Å². The van der Waals surface area contributed by atoms with Crippen LogP contribution >= 0.6 is 0 Å². The summed E-state index contributed by atoms with van der Waals surface area (Å²) < 4.78 is 4.65. The molecule has 4 heteroatoms. The van der Waals surface area contributed by atoms with E-state index in [-0.39, 0.29) is 0 Å². The fourth-order valence-electron chi connectivity index (χ4n) is 7.44. The van der Waals surface area contributed by atoms with Gasteiger partial charge in [0.05, 0.1) is 33.3 Å². The summed E-state index contributed by atoms with van der Waals surface area (Å²) in [6, 6.07) is 60.0. The lowest BCUT2D eigenvalue weighted by Crippen LogP contribution is -1.98. The van der Waals surface area contributed by atoms with Crippen LogP contribution in [0, 0.1) is 0 Å². The van der Waals surface area contributed by atoms with Crippen molar-refractivity contribution in [3.8, 4) is 34.0 Å². The van der Waals surface area contributed by atoms with E-state index in [0.29, 0.717) is 0 Å². The number of para-hydroxylation sites is 5. The maximum atomic E-state index is 5.36. The van der Waals surface area contributed by atoms with Crippen molar-refractivity contribution in [2.24, 2.45) is 0 Å². The van der Waals surface area contributed by atoms with Crippen LogP contribution in [0.25, 0.3) is 88.5 Å². The molecule has 0 aliphatic rings. The van der Waals surface area contributed by atoms with E-state index in [9.17, 15) is 0 Å². The Morgan fingerprint density at radius 2 is 1.00 bits per heavy atom. The summed E-state index contributed by atoms with van der Waals surface area (Å²) >= 11 is 0. The van der Waals surface area contributed by atoms with Crippen LogP contribution in [0.4, 0.5) is 0 Å². The summed E-state index contributed by atoms with van der Waals surface area (Å²) in [7, 11) is 0. The first-order chi connectivity index (χ1) is 23.8. The molecule has 0 N–H and O–H groups in total. The molecule has 0 fully saturated rings. The first-order valence-corrected chi connectivity index (χ1v) is 16.3. The molecule has 4 nitrogen and oxygen atoms in total. The molecule has 48 heavy (non-hydrogen) atoms. The van der Waals surface area contributed by atoms with Gasteiger partial charge in [-0.25, -0.2) is 9.97 Å². The van der Waals surface area contributed by atoms with Gasteiger partial charge in [0.1, 0.15) is 5.82 Å². The van der Waals surface area contributed by atoms with E-state index in [1.54, 1.807) is 0 Å². The van der Waals surface area contributed by atoms with Gasteiger partial charge < -0.3 is 4.57 Å². The number of rotatable bonds is 4. The highest BCUT2D eigenvalue weighted by atomic mass is 15.1. The van der Waals surface area contributed by atoms with Crippen molar-refractivity contribution in [1.29, 1.82) is 0 Å². The van der Waals surface area contributed by atoms with E-state index < -0.39 is 0 Å². The van der Waals surface area contributed by atoms with Crippen LogP contribution < -0.4 is 0 Å². The minimum absolute atomic E-state index is 0.917. The third-order valence-electron chi connectivity index (χ3n) is 9.48. The van der Waals surface area contributed by atoms with E-state index in [4.69, 9.17) is 9.97 Å². The minimum atomic E-state index is 0.917. The quantitative estimate of drug-likeness (QED) is 0.185. The lowest BCUT2D eigenvalue weighted by Gasteiger charge is -2.14. The molecule has 0 saturated heterocycles. The van der Waals surface area contributed by atoms with Gasteiger partial charge in [-0.1, -0.05) is 115 Å². The van der Waals surface area contributed by atoms with E-state index in [2.05, 4.69) is 167 Å². The Kier molecular flexibility index (Phi) is 5.84. The van der Waals surface area contributed by atoms with Crippen LogP contribution in [0.2, 0.25) is 0 Å². The summed E-state index contributed by atoms with van der Waals surface area (Å²) in [6.45, 7) is 0. The van der Waals surface area contributed by atoms with Gasteiger partial charge in [-0.3, -0.25) is 4.57 Å². The number of hydrogen-bond acceptors (Lipinski definition) is 2. The molecule has 0 spiro atoms. The molecule has 10 aromatic rings. The van der Waals surface area contributed by atoms with E-state index >= 15 is 0 Å². The smallest absolute Gasteiger partial charge is 0.145 e. The lowest BCUT2D eigenvalue weighted by atomic mass is 9.96. The summed E-state index contributed by atoms with van der Waals surface area (Å²) in [6.07, 6.45) is 0. The topological polar surface area (TPSA) is 35.6 Å². The molecular formula is C44H28N4. The number of imidazole rings is 1. The number of fused-ring (bicyclic) bond motifs is 8. The van der Waals surface area contributed by atoms with Crippen LogP contribution in [0.15, 0.2) is 170 Å². The normalized spacial score (nSPS) is 11.8. The predicted octanol–water partition coefficient (Wildman–Crippen LogP) is 11.2. The lowest BCUT2D eigenvalue weighted by molar-refractivity contribution is 1.10. The van der Waals surface area contributed by atoms with Crippen LogP contribution in [0.5, 0.6) is 0 Å². The van der Waals surface area contributed by atoms with Gasteiger partial charge >= 0.3 is 0 Å². The van der Waals surface area contributed by atoms with E-state index in [0.717, 1.165) is 61.3 Å². The monoisotopic (exact) mass is 612 g/mol. The molecule has 3 aromatic heterocycles. The SMILES string of the molecule is c1ccc(-c2nc3ccccc3n2-c2cccc(-c3nc4ccccc4c4c3ccc3c4c4ccccc4n3-c3ccccc3)c2)cc1. The molecule has 3 heterocycles. The van der Waals surface area contributed by atoms with Crippen LogP contribution in [0.3, 0.4) is 0 Å². The Bertz CT molecular complexity index is 2830. The number of hydrogen-bond donors (Lipinski definition) is 0. The maximum Gasteiger partial charge on any atom is 0.145 e. The first-order valence-electron chi connectivity index (χ1n) is 16.3. The summed E-state index contributed by atoms with van der Waals surface area (Å²) in [5.41, 5.74) is 10.7. The fraction of sp³-hybridized carbons (Fsp3) is 0. The highest BCUT2D eigenvalue weighted by molar-refractivity contribution is 6.29. The van der Waals surface area contributed by atoms with Crippen molar-refractivity contribution >= 4 is 54.5 Å². The van der Waals surface area contributed by atoms with E-state index in [1.165, 1.54) is 27.2 Å². The average molecular weight is 613 g/mol. The third kappa shape index (κ3) is 3.96. The van der Waals surface area contributed by atoms with Crippen molar-refractivity contribution in [3.63, 3.8) is 0 Å². The molecule has 0 amide bonds. The number of aromatic nitrogens is 4. The zero-order chi connectivity index (χ0) is 31.6. The Morgan fingerprint density at radius 3 is 1.83 bits per heavy atom. The van der Waals surface area contributed by atoms with Crippen molar-refractivity contribution in [2.75, 3.05) is 0 Å². The highest BCUT2D eigenvalue weighted by Gasteiger charge is 2.20. The summed E-state index contributed by atoms with van der Waals surface area (Å²) in [4.78, 5) is 10.4. The zero-order valence-electron chi connectivity index (χ0n) is 26.0. The summed E-state index contributed by atoms with van der Waals surface area (Å²) in [5, 5.41) is 5.99. The Hall–Kier alpha value is -6.52. The van der Waals surface area contributed by atoms with Crippen molar-refractivity contribution < 1.29 is 0 Å². The Balaban J connectivity index is 1.28. The van der Waals surface area contributed by atoms with Gasteiger partial charge in [0.15, 0.2) is 0 Å². The average Bonchev–Trinajstić information content (AvgIpc) is 3.72. The zero-order valence-corrected chi connectivity index (χ0v) is 26.0. The second-order valence-electron chi connectivity index (χ2n) is 12.2. The third-order valence-corrected chi connectivity index (χ3v) is 9.48. The molecule has 224 valence electrons. The van der Waals surface area contributed by atoms with Crippen molar-refractivity contribution in [3.05, 3.63) is 170 Å². The Morgan fingerprint density at radius 1 is 0.354 bits per heavy atom. The van der Waals surface area contributed by atoms with E-state index in [1.807, 2.05) is 12.1 Å². The summed E-state index contributed by atoms with van der Waals surface area (Å²) in [5.74, 6) is 0.917. The van der Waals surface area contributed by atoms with Gasteiger partial charge in [0, 0.05) is 49.4 Å². The molecule has 10 rings (SSSR count). The van der Waals surface area contributed by atoms with Crippen LogP contribution in [-0.2, 0) is 0 Å². The Labute approximate surface area is 276 Å². The maximum absolute atomic E-state index is 5.36. The molecule has 0 bridgehead atoms. The molecule has 0 saturated carbocycles. The molecule has 7 aromatic carbocycles. The van der Waals surface area contributed by atoms with Crippen LogP contribution in [0.1, 0.15) is 0 Å². The first kappa shape index (κ1) is 26.7. The number of nitrogens with zero attached hydrogens (tertiary/aromatic N) is 4. The van der Waals surface area contributed by atoms with Gasteiger partial charge in [0.25, 0.3) is 0 Å². The fourth-order valence-corrected chi connectivity index (χ4v) is 7.44. The van der Waals surface area contributed by atoms with Crippen molar-refractivity contribution in [2.45, 2.75) is 0 Å². The standard InChI is InChI=1S/C44H28N4/c1-3-14-29(15-4-1)44-46-37-23-10-12-25-39(37)48(44)32-19-13-16-30(28-32)43-35-26-27-40-42(41(35)33-20-7-9-22-36(33)45-43)34-21-8-11-24-38(34)47(40)31-17-5-2-6-18-31/h1-28H. The number of pyridine rings is 1. The second kappa shape index (κ2) is 10.5. The molecule has 0 unspecified atom stereocenters. The second-order valence-corrected chi connectivity index (χ2v) is 12.2. The van der Waals surface area contributed by atoms with Crippen molar-refractivity contribution in [1.82, 2.24) is 19.1 Å². The van der Waals surface area contributed by atoms with Gasteiger partial charge in [-0.05, 0) is 54.6 Å². The minimum Gasteiger partial charge on any atom is -0.309 e. The van der Waals surface area contributed by atoms with Gasteiger partial charge in [0.2, 0.25) is 0 Å². The van der Waals surface area contributed by atoms with Crippen LogP contribution in [-0.4, -0.2) is 19.1 Å².